The molecule has 0 unspecified atom stereocenters. The lowest BCUT2D eigenvalue weighted by Crippen LogP contribution is -2.25. The van der Waals surface area contributed by atoms with Gasteiger partial charge in [0.25, 0.3) is 0 Å². The van der Waals surface area contributed by atoms with Crippen molar-refractivity contribution in [2.24, 2.45) is 5.92 Å². The van der Waals surface area contributed by atoms with Crippen molar-refractivity contribution in [3.05, 3.63) is 11.6 Å². The van der Waals surface area contributed by atoms with Crippen molar-refractivity contribution in [1.29, 1.82) is 0 Å². The number of ether oxygens (including phenoxy) is 1. The number of aromatic carboxylic acids is 1. The van der Waals surface area contributed by atoms with Crippen molar-refractivity contribution in [3.63, 3.8) is 0 Å². The molecule has 0 atom stereocenters. The number of hydrogen-bond donors (Lipinski definition) is 1. The fourth-order valence-electron chi connectivity index (χ4n) is 3.24. The van der Waals surface area contributed by atoms with E-state index in [4.69, 9.17) is 9.15 Å². The van der Waals surface area contributed by atoms with E-state index in [2.05, 4.69) is 18.8 Å². The number of carboxylic acids is 1. The quantitative estimate of drug-likeness (QED) is 0.862. The molecule has 0 aliphatic heterocycles. The standard InChI is InChI=1S/C15H23NO4/c1-4-19-13-11(12(17)18)16-14(20-13)15(9-10(2)3)7-5-6-8-15/h10H,4-9H2,1-3H3,(H,17,18). The van der Waals surface area contributed by atoms with Crippen molar-refractivity contribution >= 4 is 5.97 Å². The topological polar surface area (TPSA) is 72.6 Å². The predicted molar refractivity (Wildman–Crippen MR) is 74.2 cm³/mol. The SMILES string of the molecule is CCOc1oc(C2(CC(C)C)CCCC2)nc1C(=O)O. The van der Waals surface area contributed by atoms with Gasteiger partial charge in [-0.05, 0) is 32.1 Å². The molecule has 1 aromatic heterocycles. The molecule has 0 bridgehead atoms. The van der Waals surface area contributed by atoms with Gasteiger partial charge in [-0.25, -0.2) is 9.78 Å². The minimum absolute atomic E-state index is 0.0463. The van der Waals surface area contributed by atoms with Crippen molar-refractivity contribution in [1.82, 2.24) is 4.98 Å². The van der Waals surface area contributed by atoms with Crippen LogP contribution >= 0.6 is 0 Å². The van der Waals surface area contributed by atoms with E-state index >= 15 is 0 Å². The molecule has 0 radical (unpaired) electrons. The van der Waals surface area contributed by atoms with Crippen LogP contribution < -0.4 is 4.74 Å². The Morgan fingerprint density at radius 1 is 1.45 bits per heavy atom. The first kappa shape index (κ1) is 14.9. The van der Waals surface area contributed by atoms with E-state index in [1.165, 1.54) is 0 Å². The molecule has 0 saturated heterocycles. The predicted octanol–water partition coefficient (Wildman–Crippen LogP) is 3.63. The van der Waals surface area contributed by atoms with Gasteiger partial charge in [0.15, 0.2) is 0 Å². The number of nitrogens with zero attached hydrogens (tertiary/aromatic N) is 1. The van der Waals surface area contributed by atoms with Gasteiger partial charge >= 0.3 is 11.9 Å². The summed E-state index contributed by atoms with van der Waals surface area (Å²) in [6.07, 6.45) is 5.27. The Balaban J connectivity index is 2.38. The van der Waals surface area contributed by atoms with Gasteiger partial charge in [-0.15, -0.1) is 0 Å². The van der Waals surface area contributed by atoms with Crippen molar-refractivity contribution < 1.29 is 19.1 Å². The lowest BCUT2D eigenvalue weighted by Gasteiger charge is -2.27. The summed E-state index contributed by atoms with van der Waals surface area (Å²) in [6, 6.07) is 0. The summed E-state index contributed by atoms with van der Waals surface area (Å²) in [5, 5.41) is 9.21. The minimum Gasteiger partial charge on any atom is -0.476 e. The monoisotopic (exact) mass is 281 g/mol. The van der Waals surface area contributed by atoms with Crippen molar-refractivity contribution in [2.75, 3.05) is 6.61 Å². The smallest absolute Gasteiger partial charge is 0.362 e. The normalized spacial score (nSPS) is 17.6. The first-order chi connectivity index (χ1) is 9.48. The van der Waals surface area contributed by atoms with Gasteiger partial charge in [-0.3, -0.25) is 0 Å². The number of carbonyl (C=O) groups is 1. The molecule has 0 amide bonds. The third-order valence-corrected chi connectivity index (χ3v) is 3.89. The Labute approximate surface area is 119 Å². The zero-order valence-electron chi connectivity index (χ0n) is 12.4. The lowest BCUT2D eigenvalue weighted by atomic mass is 9.78. The maximum Gasteiger partial charge on any atom is 0.362 e. The second-order valence-electron chi connectivity index (χ2n) is 5.98. The highest BCUT2D eigenvalue weighted by Gasteiger charge is 2.42. The van der Waals surface area contributed by atoms with E-state index in [9.17, 15) is 9.90 Å². The maximum atomic E-state index is 11.2. The van der Waals surface area contributed by atoms with E-state index in [0.717, 1.165) is 32.1 Å². The zero-order chi connectivity index (χ0) is 14.8. The second-order valence-corrected chi connectivity index (χ2v) is 5.98. The van der Waals surface area contributed by atoms with Gasteiger partial charge in [0.05, 0.1) is 6.61 Å². The summed E-state index contributed by atoms with van der Waals surface area (Å²) in [5.74, 6) is 0.0135. The highest BCUT2D eigenvalue weighted by molar-refractivity contribution is 5.87. The summed E-state index contributed by atoms with van der Waals surface area (Å²) in [4.78, 5) is 15.5. The number of hydrogen-bond acceptors (Lipinski definition) is 4. The second kappa shape index (κ2) is 5.85. The molecule has 5 heteroatoms. The average molecular weight is 281 g/mol. The Kier molecular flexibility index (Phi) is 4.35. The summed E-state index contributed by atoms with van der Waals surface area (Å²) >= 11 is 0. The molecule has 1 aliphatic carbocycles. The molecular weight excluding hydrogens is 258 g/mol. The molecule has 2 rings (SSSR count). The van der Waals surface area contributed by atoms with Crippen LogP contribution in [0.1, 0.15) is 69.3 Å². The molecule has 1 saturated carbocycles. The maximum absolute atomic E-state index is 11.2. The van der Waals surface area contributed by atoms with Crippen LogP contribution in [-0.2, 0) is 5.41 Å². The highest BCUT2D eigenvalue weighted by atomic mass is 16.6. The van der Waals surface area contributed by atoms with E-state index < -0.39 is 5.97 Å². The lowest BCUT2D eigenvalue weighted by molar-refractivity contribution is 0.0683. The summed E-state index contributed by atoms with van der Waals surface area (Å²) in [7, 11) is 0. The Hall–Kier alpha value is -1.52. The third kappa shape index (κ3) is 2.81. The fraction of sp³-hybridized carbons (Fsp3) is 0.733. The molecule has 1 N–H and O–H groups in total. The van der Waals surface area contributed by atoms with E-state index in [0.29, 0.717) is 18.4 Å². The molecule has 0 spiro atoms. The van der Waals surface area contributed by atoms with Crippen molar-refractivity contribution in [3.8, 4) is 5.95 Å². The summed E-state index contributed by atoms with van der Waals surface area (Å²) in [5.41, 5.74) is -0.217. The summed E-state index contributed by atoms with van der Waals surface area (Å²) in [6.45, 7) is 6.51. The zero-order valence-corrected chi connectivity index (χ0v) is 12.4. The van der Waals surface area contributed by atoms with E-state index in [-0.39, 0.29) is 17.1 Å². The number of aromatic nitrogens is 1. The van der Waals surface area contributed by atoms with Crippen LogP contribution in [0.2, 0.25) is 0 Å². The van der Waals surface area contributed by atoms with Crippen LogP contribution in [-0.4, -0.2) is 22.7 Å². The first-order valence-electron chi connectivity index (χ1n) is 7.36. The molecule has 20 heavy (non-hydrogen) atoms. The van der Waals surface area contributed by atoms with Gasteiger partial charge < -0.3 is 14.3 Å². The van der Waals surface area contributed by atoms with Gasteiger partial charge in [-0.1, -0.05) is 26.7 Å². The van der Waals surface area contributed by atoms with Crippen LogP contribution in [0.5, 0.6) is 5.95 Å². The van der Waals surface area contributed by atoms with Crippen LogP contribution in [0.15, 0.2) is 4.42 Å². The molecule has 1 aromatic rings. The largest absolute Gasteiger partial charge is 0.476 e. The average Bonchev–Trinajstić information content (AvgIpc) is 2.96. The van der Waals surface area contributed by atoms with Crippen LogP contribution in [0, 0.1) is 5.92 Å². The molecular formula is C15H23NO4. The fourth-order valence-corrected chi connectivity index (χ4v) is 3.24. The summed E-state index contributed by atoms with van der Waals surface area (Å²) < 4.78 is 11.0. The van der Waals surface area contributed by atoms with Gasteiger partial charge in [0.2, 0.25) is 11.6 Å². The van der Waals surface area contributed by atoms with Gasteiger partial charge in [0, 0.05) is 5.41 Å². The van der Waals surface area contributed by atoms with Crippen molar-refractivity contribution in [2.45, 2.75) is 58.3 Å². The molecule has 0 aromatic carbocycles. The molecule has 5 nitrogen and oxygen atoms in total. The Bertz CT molecular complexity index is 472. The van der Waals surface area contributed by atoms with Crippen LogP contribution in [0.3, 0.4) is 0 Å². The highest BCUT2D eigenvalue weighted by Crippen LogP contribution is 2.46. The molecule has 112 valence electrons. The minimum atomic E-state index is -1.10. The first-order valence-corrected chi connectivity index (χ1v) is 7.36. The molecule has 1 heterocycles. The molecule has 1 fully saturated rings. The Morgan fingerprint density at radius 2 is 2.10 bits per heavy atom. The number of rotatable bonds is 6. The van der Waals surface area contributed by atoms with Gasteiger partial charge in [0.1, 0.15) is 0 Å². The van der Waals surface area contributed by atoms with E-state index in [1.54, 1.807) is 6.92 Å². The van der Waals surface area contributed by atoms with E-state index in [1.807, 2.05) is 0 Å². The third-order valence-electron chi connectivity index (χ3n) is 3.89. The van der Waals surface area contributed by atoms with Crippen LogP contribution in [0.25, 0.3) is 0 Å². The number of carboxylic acid groups (broad SMARTS) is 1. The molecule has 1 aliphatic rings. The Morgan fingerprint density at radius 3 is 2.60 bits per heavy atom. The van der Waals surface area contributed by atoms with Crippen LogP contribution in [0.4, 0.5) is 0 Å². The number of oxazole rings is 1. The van der Waals surface area contributed by atoms with Gasteiger partial charge in [-0.2, -0.15) is 0 Å².